The molecule has 5 nitrogen and oxygen atoms in total. The summed E-state index contributed by atoms with van der Waals surface area (Å²) in [6.45, 7) is 6.85. The summed E-state index contributed by atoms with van der Waals surface area (Å²) in [5, 5.41) is 3.46. The third-order valence-corrected chi connectivity index (χ3v) is 5.00. The topological polar surface area (TPSA) is 40.1 Å². The average molecular weight is 397 g/mol. The zero-order valence-corrected chi connectivity index (χ0v) is 16.4. The number of nitrogens with one attached hydrogen (secondary N) is 1. The molecular formula is C18H29BrN4O. The number of halogens is 1. The minimum atomic E-state index is 0.828. The Kier molecular flexibility index (Phi) is 8.56. The fourth-order valence-corrected chi connectivity index (χ4v) is 3.24. The van der Waals surface area contributed by atoms with Crippen LogP contribution in [0, 0.1) is 0 Å². The quantitative estimate of drug-likeness (QED) is 0.436. The van der Waals surface area contributed by atoms with Crippen molar-refractivity contribution >= 4 is 21.9 Å². The first-order chi connectivity index (χ1) is 11.7. The van der Waals surface area contributed by atoms with Crippen LogP contribution in [0.25, 0.3) is 0 Å². The van der Waals surface area contributed by atoms with Crippen molar-refractivity contribution in [2.75, 3.05) is 53.5 Å². The number of aliphatic imine (C=N–C) groups is 1. The summed E-state index contributed by atoms with van der Waals surface area (Å²) >= 11 is 3.61. The molecule has 1 fully saturated rings. The monoisotopic (exact) mass is 396 g/mol. The Morgan fingerprint density at radius 3 is 2.75 bits per heavy atom. The molecule has 0 unspecified atom stereocenters. The fraction of sp³-hybridized carbons (Fsp3) is 0.611. The summed E-state index contributed by atoms with van der Waals surface area (Å²) in [5.41, 5.74) is 1.26. The molecule has 1 aliphatic heterocycles. The second-order valence-electron chi connectivity index (χ2n) is 6.08. The molecule has 1 N–H and O–H groups in total. The van der Waals surface area contributed by atoms with Crippen molar-refractivity contribution in [1.82, 2.24) is 15.1 Å². The Morgan fingerprint density at radius 2 is 2.04 bits per heavy atom. The predicted molar refractivity (Wildman–Crippen MR) is 103 cm³/mol. The number of hydrogen-bond acceptors (Lipinski definition) is 3. The number of hydrogen-bond donors (Lipinski definition) is 1. The van der Waals surface area contributed by atoms with Gasteiger partial charge in [-0.3, -0.25) is 9.89 Å². The maximum atomic E-state index is 5.38. The van der Waals surface area contributed by atoms with Crippen molar-refractivity contribution < 1.29 is 4.74 Å². The molecule has 0 amide bonds. The van der Waals surface area contributed by atoms with E-state index in [9.17, 15) is 0 Å². The molecule has 24 heavy (non-hydrogen) atoms. The number of guanidine groups is 1. The van der Waals surface area contributed by atoms with Gasteiger partial charge in [-0.1, -0.05) is 34.1 Å². The van der Waals surface area contributed by atoms with Crippen LogP contribution < -0.4 is 5.32 Å². The highest BCUT2D eigenvalue weighted by atomic mass is 79.9. The van der Waals surface area contributed by atoms with Crippen molar-refractivity contribution in [3.05, 3.63) is 34.3 Å². The second-order valence-corrected chi connectivity index (χ2v) is 6.94. The highest BCUT2D eigenvalue weighted by molar-refractivity contribution is 9.10. The molecule has 0 saturated carbocycles. The van der Waals surface area contributed by atoms with Gasteiger partial charge in [0.2, 0.25) is 0 Å². The molecule has 134 valence electrons. The van der Waals surface area contributed by atoms with Crippen LogP contribution in [0.2, 0.25) is 0 Å². The van der Waals surface area contributed by atoms with E-state index in [1.165, 1.54) is 12.0 Å². The van der Waals surface area contributed by atoms with E-state index in [2.05, 4.69) is 61.3 Å². The molecule has 0 bridgehead atoms. The normalized spacial score (nSPS) is 16.2. The molecule has 6 heteroatoms. The SMILES string of the molecule is CN=C(NCCCCN1CCOCC1)N(C)Cc1ccccc1Br. The Hall–Kier alpha value is -1.11. The smallest absolute Gasteiger partial charge is 0.193 e. The van der Waals surface area contributed by atoms with Gasteiger partial charge in [0.15, 0.2) is 5.96 Å². The zero-order valence-electron chi connectivity index (χ0n) is 14.8. The van der Waals surface area contributed by atoms with Crippen molar-refractivity contribution in [1.29, 1.82) is 0 Å². The number of ether oxygens (including phenoxy) is 1. The highest BCUT2D eigenvalue weighted by Crippen LogP contribution is 2.17. The van der Waals surface area contributed by atoms with E-state index in [0.717, 1.165) is 62.8 Å². The van der Waals surface area contributed by atoms with E-state index in [-0.39, 0.29) is 0 Å². The van der Waals surface area contributed by atoms with Gasteiger partial charge < -0.3 is 15.0 Å². The summed E-state index contributed by atoms with van der Waals surface area (Å²) < 4.78 is 6.51. The standard InChI is InChI=1S/C18H29BrN4O/c1-20-18(22(2)15-16-7-3-4-8-17(16)19)21-9-5-6-10-23-11-13-24-14-12-23/h3-4,7-8H,5-6,9-15H2,1-2H3,(H,20,21). The van der Waals surface area contributed by atoms with Crippen molar-refractivity contribution in [2.24, 2.45) is 4.99 Å². The first-order valence-corrected chi connectivity index (χ1v) is 9.45. The van der Waals surface area contributed by atoms with E-state index in [0.29, 0.717) is 0 Å². The van der Waals surface area contributed by atoms with E-state index >= 15 is 0 Å². The predicted octanol–water partition coefficient (Wildman–Crippen LogP) is 2.57. The number of rotatable bonds is 7. The summed E-state index contributed by atoms with van der Waals surface area (Å²) in [6.07, 6.45) is 2.36. The number of unbranched alkanes of at least 4 members (excludes halogenated alkanes) is 1. The second kappa shape index (κ2) is 10.7. The van der Waals surface area contributed by atoms with Gasteiger partial charge in [0.1, 0.15) is 0 Å². The fourth-order valence-electron chi connectivity index (χ4n) is 2.83. The summed E-state index contributed by atoms with van der Waals surface area (Å²) in [5.74, 6) is 0.942. The van der Waals surface area contributed by atoms with Crippen LogP contribution in [-0.4, -0.2) is 69.2 Å². The van der Waals surface area contributed by atoms with E-state index in [4.69, 9.17) is 4.74 Å². The van der Waals surface area contributed by atoms with Gasteiger partial charge in [0.25, 0.3) is 0 Å². The van der Waals surface area contributed by atoms with E-state index in [1.807, 2.05) is 13.1 Å². The van der Waals surface area contributed by atoms with Gasteiger partial charge in [0.05, 0.1) is 13.2 Å². The first-order valence-electron chi connectivity index (χ1n) is 8.66. The van der Waals surface area contributed by atoms with Crippen molar-refractivity contribution in [2.45, 2.75) is 19.4 Å². The van der Waals surface area contributed by atoms with Crippen LogP contribution in [0.5, 0.6) is 0 Å². The largest absolute Gasteiger partial charge is 0.379 e. The van der Waals surface area contributed by atoms with Crippen LogP contribution in [0.3, 0.4) is 0 Å². The minimum absolute atomic E-state index is 0.828. The van der Waals surface area contributed by atoms with Crippen LogP contribution in [0.4, 0.5) is 0 Å². The van der Waals surface area contributed by atoms with Crippen molar-refractivity contribution in [3.63, 3.8) is 0 Å². The van der Waals surface area contributed by atoms with Gasteiger partial charge in [0, 0.05) is 44.7 Å². The van der Waals surface area contributed by atoms with Gasteiger partial charge in [-0.2, -0.15) is 0 Å². The molecule has 0 atom stereocenters. The molecular weight excluding hydrogens is 368 g/mol. The van der Waals surface area contributed by atoms with Crippen molar-refractivity contribution in [3.8, 4) is 0 Å². The maximum absolute atomic E-state index is 5.38. The zero-order chi connectivity index (χ0) is 17.2. The Morgan fingerprint density at radius 1 is 1.29 bits per heavy atom. The van der Waals surface area contributed by atoms with Gasteiger partial charge >= 0.3 is 0 Å². The third-order valence-electron chi connectivity index (χ3n) is 4.23. The minimum Gasteiger partial charge on any atom is -0.379 e. The molecule has 1 heterocycles. The van der Waals surface area contributed by atoms with Crippen LogP contribution in [0.1, 0.15) is 18.4 Å². The molecule has 0 aliphatic carbocycles. The average Bonchev–Trinajstić information content (AvgIpc) is 2.61. The Balaban J connectivity index is 1.67. The molecule has 0 radical (unpaired) electrons. The molecule has 0 aromatic heterocycles. The van der Waals surface area contributed by atoms with Crippen LogP contribution in [0.15, 0.2) is 33.7 Å². The highest BCUT2D eigenvalue weighted by Gasteiger charge is 2.10. The lowest BCUT2D eigenvalue weighted by molar-refractivity contribution is 0.0372. The summed E-state index contributed by atoms with van der Waals surface area (Å²) in [6, 6.07) is 8.31. The summed E-state index contributed by atoms with van der Waals surface area (Å²) in [7, 11) is 3.91. The number of morpholine rings is 1. The lowest BCUT2D eigenvalue weighted by Crippen LogP contribution is -2.39. The third kappa shape index (κ3) is 6.42. The maximum Gasteiger partial charge on any atom is 0.193 e. The summed E-state index contributed by atoms with van der Waals surface area (Å²) in [4.78, 5) is 9.03. The van der Waals surface area contributed by atoms with Gasteiger partial charge in [-0.25, -0.2) is 0 Å². The first kappa shape index (κ1) is 19.2. The molecule has 1 aromatic carbocycles. The molecule has 1 aliphatic rings. The molecule has 1 saturated heterocycles. The Bertz CT molecular complexity index is 517. The number of benzene rings is 1. The Labute approximate surface area is 154 Å². The van der Waals surface area contributed by atoms with Crippen LogP contribution in [-0.2, 0) is 11.3 Å². The molecule has 1 aromatic rings. The molecule has 2 rings (SSSR count). The lowest BCUT2D eigenvalue weighted by Gasteiger charge is -2.26. The van der Waals surface area contributed by atoms with E-state index in [1.54, 1.807) is 0 Å². The lowest BCUT2D eigenvalue weighted by atomic mass is 10.2. The van der Waals surface area contributed by atoms with Gasteiger partial charge in [-0.15, -0.1) is 0 Å². The number of nitrogens with zero attached hydrogens (tertiary/aromatic N) is 3. The van der Waals surface area contributed by atoms with Gasteiger partial charge in [-0.05, 0) is 31.0 Å². The molecule has 0 spiro atoms. The van der Waals surface area contributed by atoms with Crippen LogP contribution >= 0.6 is 15.9 Å². The van der Waals surface area contributed by atoms with E-state index < -0.39 is 0 Å².